The van der Waals surface area contributed by atoms with Gasteiger partial charge in [0, 0.05) is 19.4 Å². The molecule has 0 rings (SSSR count). The Morgan fingerprint density at radius 1 is 0.800 bits per heavy atom. The highest BCUT2D eigenvalue weighted by Gasteiger charge is 2.03. The molecule has 0 saturated heterocycles. The van der Waals surface area contributed by atoms with E-state index < -0.39 is 11.9 Å². The Kier molecular flexibility index (Phi) is 11.3. The second-order valence-corrected chi connectivity index (χ2v) is 3.97. The molecule has 0 atom stereocenters. The van der Waals surface area contributed by atoms with Gasteiger partial charge < -0.3 is 25.0 Å². The third-order valence-electron chi connectivity index (χ3n) is 2.20. The van der Waals surface area contributed by atoms with Gasteiger partial charge in [-0.25, -0.2) is 0 Å². The van der Waals surface area contributed by atoms with E-state index in [2.05, 4.69) is 5.32 Å². The van der Waals surface area contributed by atoms with E-state index in [1.54, 1.807) is 0 Å². The molecule has 0 aromatic carbocycles. The quantitative estimate of drug-likeness (QED) is 0.404. The highest BCUT2D eigenvalue weighted by molar-refractivity contribution is 5.76. The fourth-order valence-electron chi connectivity index (χ4n) is 1.23. The maximum Gasteiger partial charge on any atom is 0.305 e. The van der Waals surface area contributed by atoms with Crippen LogP contribution in [-0.2, 0) is 23.9 Å². The molecular formula is C12H21NO7. The second kappa shape index (κ2) is 12.4. The molecule has 8 heteroatoms. The molecule has 0 aromatic rings. The Morgan fingerprint density at radius 3 is 2.00 bits per heavy atom. The summed E-state index contributed by atoms with van der Waals surface area (Å²) in [6.45, 7) is 1.46. The van der Waals surface area contributed by atoms with Crippen molar-refractivity contribution in [3.63, 3.8) is 0 Å². The molecule has 0 saturated carbocycles. The minimum Gasteiger partial charge on any atom is -0.481 e. The van der Waals surface area contributed by atoms with Gasteiger partial charge in [-0.2, -0.15) is 0 Å². The summed E-state index contributed by atoms with van der Waals surface area (Å²) < 4.78 is 10.2. The van der Waals surface area contributed by atoms with E-state index in [1.165, 1.54) is 0 Å². The first-order valence-corrected chi connectivity index (χ1v) is 6.38. The number of nitrogens with one attached hydrogen (secondary N) is 1. The topological polar surface area (TPSA) is 122 Å². The third kappa shape index (κ3) is 14.4. The number of hydrogen-bond donors (Lipinski definition) is 3. The van der Waals surface area contributed by atoms with Crippen molar-refractivity contribution in [3.05, 3.63) is 0 Å². The largest absolute Gasteiger partial charge is 0.481 e. The zero-order chi connectivity index (χ0) is 15.2. The van der Waals surface area contributed by atoms with Crippen LogP contribution in [0.2, 0.25) is 0 Å². The SMILES string of the molecule is O=C(O)CCCC(=O)NCCOCCOCCC(=O)O. The molecule has 0 fully saturated rings. The van der Waals surface area contributed by atoms with Gasteiger partial charge >= 0.3 is 11.9 Å². The van der Waals surface area contributed by atoms with Gasteiger partial charge in [-0.1, -0.05) is 0 Å². The van der Waals surface area contributed by atoms with Crippen LogP contribution in [0.4, 0.5) is 0 Å². The van der Waals surface area contributed by atoms with Crippen LogP contribution in [0.5, 0.6) is 0 Å². The van der Waals surface area contributed by atoms with Crippen molar-refractivity contribution in [1.29, 1.82) is 0 Å². The lowest BCUT2D eigenvalue weighted by Crippen LogP contribution is -2.27. The van der Waals surface area contributed by atoms with E-state index in [0.29, 0.717) is 32.8 Å². The molecule has 0 aliphatic heterocycles. The number of amides is 1. The summed E-state index contributed by atoms with van der Waals surface area (Å²) in [6.07, 6.45) is 0.452. The maximum absolute atomic E-state index is 11.2. The van der Waals surface area contributed by atoms with Crippen molar-refractivity contribution in [1.82, 2.24) is 5.32 Å². The monoisotopic (exact) mass is 291 g/mol. The number of carbonyl (C=O) groups excluding carboxylic acids is 1. The molecule has 0 heterocycles. The molecule has 0 spiro atoms. The second-order valence-electron chi connectivity index (χ2n) is 3.97. The van der Waals surface area contributed by atoms with E-state index in [-0.39, 0.29) is 31.8 Å². The van der Waals surface area contributed by atoms with Gasteiger partial charge in [0.25, 0.3) is 0 Å². The minimum absolute atomic E-state index is 0.0163. The molecule has 0 radical (unpaired) electrons. The molecule has 116 valence electrons. The van der Waals surface area contributed by atoms with Crippen molar-refractivity contribution in [2.75, 3.05) is 33.0 Å². The van der Waals surface area contributed by atoms with Gasteiger partial charge in [0.2, 0.25) is 5.91 Å². The molecule has 0 unspecified atom stereocenters. The van der Waals surface area contributed by atoms with Crippen LogP contribution in [0, 0.1) is 0 Å². The van der Waals surface area contributed by atoms with E-state index in [4.69, 9.17) is 19.7 Å². The standard InChI is InChI=1S/C12H21NO7/c14-10(2-1-3-11(15)16)13-5-7-20-9-8-19-6-4-12(17)18/h1-9H2,(H,13,14)(H,15,16)(H,17,18). The Labute approximate surface area is 117 Å². The zero-order valence-electron chi connectivity index (χ0n) is 11.3. The number of rotatable bonds is 13. The molecule has 3 N–H and O–H groups in total. The molecule has 1 amide bonds. The Morgan fingerprint density at radius 2 is 1.40 bits per heavy atom. The van der Waals surface area contributed by atoms with Gasteiger partial charge in [0.15, 0.2) is 0 Å². The Bertz CT molecular complexity index is 306. The number of hydrogen-bond acceptors (Lipinski definition) is 5. The van der Waals surface area contributed by atoms with Crippen molar-refractivity contribution in [3.8, 4) is 0 Å². The number of ether oxygens (including phenoxy) is 2. The van der Waals surface area contributed by atoms with E-state index in [9.17, 15) is 14.4 Å². The number of carbonyl (C=O) groups is 3. The normalized spacial score (nSPS) is 10.2. The van der Waals surface area contributed by atoms with Crippen LogP contribution in [-0.4, -0.2) is 61.0 Å². The molecule has 0 aliphatic carbocycles. The third-order valence-corrected chi connectivity index (χ3v) is 2.20. The van der Waals surface area contributed by atoms with E-state index in [1.807, 2.05) is 0 Å². The highest BCUT2D eigenvalue weighted by atomic mass is 16.5. The van der Waals surface area contributed by atoms with Crippen LogP contribution in [0.25, 0.3) is 0 Å². The average molecular weight is 291 g/mol. The van der Waals surface area contributed by atoms with Gasteiger partial charge in [0.05, 0.1) is 32.8 Å². The summed E-state index contributed by atoms with van der Waals surface area (Å²) >= 11 is 0. The van der Waals surface area contributed by atoms with E-state index in [0.717, 1.165) is 0 Å². The zero-order valence-corrected chi connectivity index (χ0v) is 11.3. The summed E-state index contributed by atoms with van der Waals surface area (Å²) in [5.41, 5.74) is 0. The van der Waals surface area contributed by atoms with Gasteiger partial charge in [0.1, 0.15) is 0 Å². The Hall–Kier alpha value is -1.67. The van der Waals surface area contributed by atoms with Crippen LogP contribution in [0.1, 0.15) is 25.7 Å². The van der Waals surface area contributed by atoms with Crippen molar-refractivity contribution in [2.45, 2.75) is 25.7 Å². The number of carboxylic acid groups (broad SMARTS) is 2. The van der Waals surface area contributed by atoms with Crippen molar-refractivity contribution >= 4 is 17.8 Å². The van der Waals surface area contributed by atoms with Gasteiger partial charge in [-0.3, -0.25) is 14.4 Å². The first-order chi connectivity index (χ1) is 9.52. The van der Waals surface area contributed by atoms with Crippen LogP contribution < -0.4 is 5.32 Å². The fraction of sp³-hybridized carbons (Fsp3) is 0.750. The molecule has 0 bridgehead atoms. The van der Waals surface area contributed by atoms with Crippen LogP contribution >= 0.6 is 0 Å². The predicted octanol–water partition coefficient (Wildman–Crippen LogP) is -0.135. The first kappa shape index (κ1) is 18.3. The average Bonchev–Trinajstić information content (AvgIpc) is 2.36. The summed E-state index contributed by atoms with van der Waals surface area (Å²) in [7, 11) is 0. The number of carboxylic acids is 2. The van der Waals surface area contributed by atoms with Gasteiger partial charge in [-0.05, 0) is 6.42 Å². The lowest BCUT2D eigenvalue weighted by molar-refractivity contribution is -0.139. The molecule has 8 nitrogen and oxygen atoms in total. The smallest absolute Gasteiger partial charge is 0.305 e. The van der Waals surface area contributed by atoms with Crippen LogP contribution in [0.3, 0.4) is 0 Å². The van der Waals surface area contributed by atoms with E-state index >= 15 is 0 Å². The molecule has 20 heavy (non-hydrogen) atoms. The lowest BCUT2D eigenvalue weighted by Gasteiger charge is -2.06. The van der Waals surface area contributed by atoms with Crippen molar-refractivity contribution in [2.24, 2.45) is 0 Å². The van der Waals surface area contributed by atoms with Gasteiger partial charge in [-0.15, -0.1) is 0 Å². The summed E-state index contributed by atoms with van der Waals surface area (Å²) in [5, 5.41) is 19.3. The fourth-order valence-corrected chi connectivity index (χ4v) is 1.23. The minimum atomic E-state index is -0.913. The summed E-state index contributed by atoms with van der Waals surface area (Å²) in [5.74, 6) is -2.02. The summed E-state index contributed by atoms with van der Waals surface area (Å²) in [4.78, 5) is 31.6. The first-order valence-electron chi connectivity index (χ1n) is 6.38. The molecule has 0 aliphatic rings. The summed E-state index contributed by atoms with van der Waals surface area (Å²) in [6, 6.07) is 0. The Balaban J connectivity index is 3.21. The molecule has 0 aromatic heterocycles. The molecular weight excluding hydrogens is 270 g/mol. The van der Waals surface area contributed by atoms with Crippen molar-refractivity contribution < 1.29 is 34.1 Å². The number of aliphatic carboxylic acids is 2. The van der Waals surface area contributed by atoms with Crippen LogP contribution in [0.15, 0.2) is 0 Å². The predicted molar refractivity (Wildman–Crippen MR) is 68.4 cm³/mol. The highest BCUT2D eigenvalue weighted by Crippen LogP contribution is 1.94. The maximum atomic E-state index is 11.2. The lowest BCUT2D eigenvalue weighted by atomic mass is 10.2.